The molecule has 1 aromatic heterocycles. The molecule has 5 heteroatoms. The molecule has 1 heterocycles. The zero-order valence-electron chi connectivity index (χ0n) is 16.7. The summed E-state index contributed by atoms with van der Waals surface area (Å²) in [6.45, 7) is 4.62. The highest BCUT2D eigenvalue weighted by molar-refractivity contribution is 7.22. The van der Waals surface area contributed by atoms with Crippen molar-refractivity contribution >= 4 is 32.6 Å². The van der Waals surface area contributed by atoms with Gasteiger partial charge in [0.2, 0.25) is 0 Å². The number of amides is 1. The summed E-state index contributed by atoms with van der Waals surface area (Å²) < 4.78 is 6.31. The van der Waals surface area contributed by atoms with Crippen LogP contribution in [0.4, 0.5) is 5.13 Å². The Kier molecular flexibility index (Phi) is 5.32. The SMILES string of the molecule is COc1ccc(C(=O)N(Cc2ccccc2)c2nc3c(C)c(C)ccc3s2)cc1. The van der Waals surface area contributed by atoms with E-state index in [0.717, 1.165) is 27.1 Å². The number of thiazole rings is 1. The van der Waals surface area contributed by atoms with Gasteiger partial charge < -0.3 is 4.74 Å². The van der Waals surface area contributed by atoms with Crippen LogP contribution in [0.3, 0.4) is 0 Å². The fourth-order valence-electron chi connectivity index (χ4n) is 3.21. The minimum atomic E-state index is -0.0788. The van der Waals surface area contributed by atoms with Gasteiger partial charge in [0.15, 0.2) is 5.13 Å². The molecule has 4 rings (SSSR count). The van der Waals surface area contributed by atoms with Crippen LogP contribution in [-0.4, -0.2) is 18.0 Å². The first kappa shape index (κ1) is 19.2. The Balaban J connectivity index is 1.77. The quantitative estimate of drug-likeness (QED) is 0.426. The van der Waals surface area contributed by atoms with Crippen molar-refractivity contribution in [2.45, 2.75) is 20.4 Å². The molecular formula is C24H22N2O2S. The summed E-state index contributed by atoms with van der Waals surface area (Å²) in [5.41, 5.74) is 4.98. The molecule has 29 heavy (non-hydrogen) atoms. The van der Waals surface area contributed by atoms with Gasteiger partial charge in [-0.15, -0.1) is 0 Å². The van der Waals surface area contributed by atoms with Crippen LogP contribution in [0, 0.1) is 13.8 Å². The number of carbonyl (C=O) groups excluding carboxylic acids is 1. The maximum absolute atomic E-state index is 13.4. The highest BCUT2D eigenvalue weighted by atomic mass is 32.1. The Labute approximate surface area is 174 Å². The molecule has 0 saturated carbocycles. The van der Waals surface area contributed by atoms with Gasteiger partial charge in [-0.3, -0.25) is 9.69 Å². The highest BCUT2D eigenvalue weighted by Gasteiger charge is 2.22. The van der Waals surface area contributed by atoms with Crippen molar-refractivity contribution in [2.75, 3.05) is 12.0 Å². The number of rotatable bonds is 5. The summed E-state index contributed by atoms with van der Waals surface area (Å²) in [5.74, 6) is 0.646. The van der Waals surface area contributed by atoms with Gasteiger partial charge in [0.05, 0.1) is 23.9 Å². The molecule has 3 aromatic carbocycles. The van der Waals surface area contributed by atoms with Crippen molar-refractivity contribution in [3.05, 3.63) is 89.0 Å². The molecule has 0 radical (unpaired) electrons. The predicted octanol–water partition coefficient (Wildman–Crippen LogP) is 5.77. The molecule has 1 amide bonds. The van der Waals surface area contributed by atoms with Crippen LogP contribution >= 0.6 is 11.3 Å². The fraction of sp³-hybridized carbons (Fsp3) is 0.167. The van der Waals surface area contributed by atoms with Gasteiger partial charge in [-0.2, -0.15) is 0 Å². The van der Waals surface area contributed by atoms with Crippen molar-refractivity contribution in [1.29, 1.82) is 0 Å². The average molecular weight is 403 g/mol. The molecular weight excluding hydrogens is 380 g/mol. The molecule has 0 aliphatic carbocycles. The Hall–Kier alpha value is -3.18. The second-order valence-electron chi connectivity index (χ2n) is 6.96. The molecule has 0 aliphatic rings. The lowest BCUT2D eigenvalue weighted by Gasteiger charge is -2.20. The molecule has 4 nitrogen and oxygen atoms in total. The van der Waals surface area contributed by atoms with Crippen molar-refractivity contribution in [1.82, 2.24) is 4.98 Å². The number of aromatic nitrogens is 1. The molecule has 0 spiro atoms. The number of aryl methyl sites for hydroxylation is 2. The maximum atomic E-state index is 13.4. The van der Waals surface area contributed by atoms with Gasteiger partial charge in [0, 0.05) is 5.56 Å². The molecule has 0 fully saturated rings. The first-order valence-electron chi connectivity index (χ1n) is 9.43. The highest BCUT2D eigenvalue weighted by Crippen LogP contribution is 2.33. The first-order chi connectivity index (χ1) is 14.1. The number of ether oxygens (including phenoxy) is 1. The lowest BCUT2D eigenvalue weighted by atomic mass is 10.1. The largest absolute Gasteiger partial charge is 0.497 e. The van der Waals surface area contributed by atoms with E-state index in [4.69, 9.17) is 9.72 Å². The first-order valence-corrected chi connectivity index (χ1v) is 10.2. The zero-order valence-corrected chi connectivity index (χ0v) is 17.5. The summed E-state index contributed by atoms with van der Waals surface area (Å²) >= 11 is 1.55. The lowest BCUT2D eigenvalue weighted by Crippen LogP contribution is -2.30. The zero-order chi connectivity index (χ0) is 20.4. The molecule has 0 saturated heterocycles. The second kappa shape index (κ2) is 8.05. The number of nitrogens with zero attached hydrogens (tertiary/aromatic N) is 2. The number of methoxy groups -OCH3 is 1. The van der Waals surface area contributed by atoms with Gasteiger partial charge in [0.25, 0.3) is 5.91 Å². The minimum absolute atomic E-state index is 0.0788. The van der Waals surface area contributed by atoms with E-state index in [9.17, 15) is 4.79 Å². The Morgan fingerprint density at radius 1 is 1.00 bits per heavy atom. The summed E-state index contributed by atoms with van der Waals surface area (Å²) in [6.07, 6.45) is 0. The van der Waals surface area contributed by atoms with E-state index in [1.54, 1.807) is 47.6 Å². The molecule has 0 atom stereocenters. The third kappa shape index (κ3) is 3.87. The number of carbonyl (C=O) groups is 1. The number of benzene rings is 3. The smallest absolute Gasteiger partial charge is 0.260 e. The summed E-state index contributed by atoms with van der Waals surface area (Å²) in [4.78, 5) is 20.0. The van der Waals surface area contributed by atoms with Crippen molar-refractivity contribution in [3.8, 4) is 5.75 Å². The normalized spacial score (nSPS) is 10.9. The van der Waals surface area contributed by atoms with Crippen LogP contribution < -0.4 is 9.64 Å². The summed E-state index contributed by atoms with van der Waals surface area (Å²) in [5, 5.41) is 0.707. The van der Waals surface area contributed by atoms with Crippen LogP contribution in [0.5, 0.6) is 5.75 Å². The molecule has 0 unspecified atom stereocenters. The topological polar surface area (TPSA) is 42.4 Å². The van der Waals surface area contributed by atoms with Crippen LogP contribution in [0.15, 0.2) is 66.7 Å². The van der Waals surface area contributed by atoms with Crippen molar-refractivity contribution < 1.29 is 9.53 Å². The second-order valence-corrected chi connectivity index (χ2v) is 7.97. The number of hydrogen-bond donors (Lipinski definition) is 0. The summed E-state index contributed by atoms with van der Waals surface area (Å²) in [7, 11) is 1.62. The number of hydrogen-bond acceptors (Lipinski definition) is 4. The van der Waals surface area contributed by atoms with Gasteiger partial charge >= 0.3 is 0 Å². The lowest BCUT2D eigenvalue weighted by molar-refractivity contribution is 0.0985. The Morgan fingerprint density at radius 3 is 2.41 bits per heavy atom. The van der Waals surface area contributed by atoms with Crippen LogP contribution in [0.1, 0.15) is 27.0 Å². The van der Waals surface area contributed by atoms with Crippen molar-refractivity contribution in [3.63, 3.8) is 0 Å². The minimum Gasteiger partial charge on any atom is -0.497 e. The Morgan fingerprint density at radius 2 is 1.72 bits per heavy atom. The third-order valence-corrected chi connectivity index (χ3v) is 6.11. The third-order valence-electron chi connectivity index (χ3n) is 5.07. The fourth-order valence-corrected chi connectivity index (χ4v) is 4.23. The van der Waals surface area contributed by atoms with Crippen LogP contribution in [0.2, 0.25) is 0 Å². The molecule has 4 aromatic rings. The van der Waals surface area contributed by atoms with Gasteiger partial charge in [-0.05, 0) is 60.9 Å². The van der Waals surface area contributed by atoms with E-state index >= 15 is 0 Å². The molecule has 0 N–H and O–H groups in total. The predicted molar refractivity (Wildman–Crippen MR) is 119 cm³/mol. The molecule has 0 aliphatic heterocycles. The summed E-state index contributed by atoms with van der Waals surface area (Å²) in [6, 6.07) is 21.4. The van der Waals surface area contributed by atoms with E-state index in [0.29, 0.717) is 17.2 Å². The van der Waals surface area contributed by atoms with Gasteiger partial charge in [0.1, 0.15) is 5.75 Å². The van der Waals surface area contributed by atoms with Gasteiger partial charge in [-0.25, -0.2) is 4.98 Å². The number of fused-ring (bicyclic) bond motifs is 1. The van der Waals surface area contributed by atoms with E-state index in [2.05, 4.69) is 26.0 Å². The van der Waals surface area contributed by atoms with Crippen LogP contribution in [-0.2, 0) is 6.54 Å². The molecule has 0 bridgehead atoms. The average Bonchev–Trinajstić information content (AvgIpc) is 3.20. The maximum Gasteiger partial charge on any atom is 0.260 e. The van der Waals surface area contributed by atoms with E-state index < -0.39 is 0 Å². The van der Waals surface area contributed by atoms with Crippen LogP contribution in [0.25, 0.3) is 10.2 Å². The number of anilines is 1. The van der Waals surface area contributed by atoms with E-state index in [1.807, 2.05) is 30.3 Å². The van der Waals surface area contributed by atoms with E-state index in [-0.39, 0.29) is 5.91 Å². The Bertz CT molecular complexity index is 1150. The van der Waals surface area contributed by atoms with Gasteiger partial charge in [-0.1, -0.05) is 47.7 Å². The monoisotopic (exact) mass is 402 g/mol. The molecule has 146 valence electrons. The standard InChI is InChI=1S/C24H22N2O2S/c1-16-9-14-21-22(17(16)2)25-24(29-21)26(15-18-7-5-4-6-8-18)23(27)19-10-12-20(28-3)13-11-19/h4-14H,15H2,1-3H3. The van der Waals surface area contributed by atoms with E-state index in [1.165, 1.54) is 5.56 Å². The van der Waals surface area contributed by atoms with Crippen molar-refractivity contribution in [2.24, 2.45) is 0 Å².